The Morgan fingerprint density at radius 1 is 0.810 bits per heavy atom. The van der Waals surface area contributed by atoms with E-state index in [0.717, 1.165) is 65.7 Å². The summed E-state index contributed by atoms with van der Waals surface area (Å²) in [6, 6.07) is 0. The fourth-order valence-corrected chi connectivity index (χ4v) is 2.69. The molecule has 4 heteroatoms. The van der Waals surface area contributed by atoms with Gasteiger partial charge in [0, 0.05) is 16.2 Å². The minimum Gasteiger partial charge on any atom is -0.380 e. The van der Waals surface area contributed by atoms with Gasteiger partial charge in [-0.25, -0.2) is 0 Å². The van der Waals surface area contributed by atoms with Crippen LogP contribution in [-0.4, -0.2) is 52.9 Å². The molecule has 0 aromatic rings. The molecule has 0 spiro atoms. The largest absolute Gasteiger partial charge is 0.380 e. The van der Waals surface area contributed by atoms with Crippen molar-refractivity contribution in [1.29, 1.82) is 0 Å². The van der Waals surface area contributed by atoms with Crippen molar-refractivity contribution in [3.63, 3.8) is 0 Å². The second kappa shape index (κ2) is 6.95. The monoisotopic (exact) mass is 300 g/mol. The highest BCUT2D eigenvalue weighted by atomic mass is 16.5. The van der Waals surface area contributed by atoms with Gasteiger partial charge in [0.1, 0.15) is 0 Å². The molecule has 4 nitrogen and oxygen atoms in total. The first-order chi connectivity index (χ1) is 9.95. The molecule has 2 fully saturated rings. The molecule has 2 aliphatic heterocycles. The lowest BCUT2D eigenvalue weighted by Gasteiger charge is -2.42. The predicted molar refractivity (Wildman–Crippen MR) is 82.5 cm³/mol. The molecule has 0 N–H and O–H groups in total. The van der Waals surface area contributed by atoms with E-state index in [0.29, 0.717) is 0 Å². The highest BCUT2D eigenvalue weighted by molar-refractivity contribution is 4.85. The van der Waals surface area contributed by atoms with Gasteiger partial charge in [-0.1, -0.05) is 27.7 Å². The van der Waals surface area contributed by atoms with E-state index in [1.807, 2.05) is 0 Å². The van der Waals surface area contributed by atoms with Crippen molar-refractivity contribution in [2.24, 2.45) is 16.2 Å². The van der Waals surface area contributed by atoms with E-state index >= 15 is 0 Å². The Morgan fingerprint density at radius 2 is 1.19 bits per heavy atom. The van der Waals surface area contributed by atoms with Crippen LogP contribution >= 0.6 is 0 Å². The van der Waals surface area contributed by atoms with Crippen LogP contribution < -0.4 is 0 Å². The van der Waals surface area contributed by atoms with Gasteiger partial charge >= 0.3 is 0 Å². The Kier molecular flexibility index (Phi) is 5.69. The zero-order chi connectivity index (χ0) is 15.4. The number of hydrogen-bond donors (Lipinski definition) is 0. The minimum atomic E-state index is 0.0546. The zero-order valence-corrected chi connectivity index (χ0v) is 14.2. The predicted octanol–water partition coefficient (Wildman–Crippen LogP) is 2.90. The normalized spacial score (nSPS) is 23.4. The van der Waals surface area contributed by atoms with Crippen molar-refractivity contribution >= 4 is 0 Å². The van der Waals surface area contributed by atoms with Crippen molar-refractivity contribution in [1.82, 2.24) is 0 Å². The molecular weight excluding hydrogens is 268 g/mol. The first kappa shape index (κ1) is 17.2. The van der Waals surface area contributed by atoms with Crippen LogP contribution in [0.5, 0.6) is 0 Å². The van der Waals surface area contributed by atoms with E-state index in [1.165, 1.54) is 0 Å². The Hall–Kier alpha value is -0.160. The molecule has 0 bridgehead atoms. The summed E-state index contributed by atoms with van der Waals surface area (Å²) in [7, 11) is 0. The smallest absolute Gasteiger partial charge is 0.0566 e. The van der Waals surface area contributed by atoms with Gasteiger partial charge in [-0.3, -0.25) is 0 Å². The van der Waals surface area contributed by atoms with Crippen LogP contribution in [0.3, 0.4) is 0 Å². The average Bonchev–Trinajstić information content (AvgIpc) is 2.36. The Balaban J connectivity index is 1.62. The molecular formula is C17H32O4. The van der Waals surface area contributed by atoms with E-state index < -0.39 is 0 Å². The fourth-order valence-electron chi connectivity index (χ4n) is 2.69. The molecule has 0 saturated carbocycles. The summed E-state index contributed by atoms with van der Waals surface area (Å²) < 4.78 is 22.6. The minimum absolute atomic E-state index is 0.0546. The van der Waals surface area contributed by atoms with E-state index in [-0.39, 0.29) is 16.2 Å². The Bertz CT molecular complexity index is 278. The van der Waals surface area contributed by atoms with Gasteiger partial charge in [-0.2, -0.15) is 0 Å². The molecule has 0 amide bonds. The van der Waals surface area contributed by atoms with Gasteiger partial charge in [-0.15, -0.1) is 0 Å². The number of rotatable bonds is 10. The quantitative estimate of drug-likeness (QED) is 0.621. The van der Waals surface area contributed by atoms with Gasteiger partial charge in [-0.05, 0) is 12.8 Å². The number of hydrogen-bond acceptors (Lipinski definition) is 4. The van der Waals surface area contributed by atoms with Crippen LogP contribution in [0.2, 0.25) is 0 Å². The highest BCUT2D eigenvalue weighted by Gasteiger charge is 2.38. The van der Waals surface area contributed by atoms with Crippen LogP contribution in [0.1, 0.15) is 40.5 Å². The number of ether oxygens (including phenoxy) is 4. The lowest BCUT2D eigenvalue weighted by atomic mass is 9.84. The van der Waals surface area contributed by atoms with E-state index in [4.69, 9.17) is 18.9 Å². The topological polar surface area (TPSA) is 36.9 Å². The molecule has 0 unspecified atom stereocenters. The maximum atomic E-state index is 5.96. The molecule has 124 valence electrons. The summed E-state index contributed by atoms with van der Waals surface area (Å²) >= 11 is 0. The highest BCUT2D eigenvalue weighted by Crippen LogP contribution is 2.33. The zero-order valence-electron chi connectivity index (χ0n) is 14.2. The second-order valence-corrected chi connectivity index (χ2v) is 7.84. The molecule has 2 heterocycles. The maximum absolute atomic E-state index is 5.96. The molecule has 21 heavy (non-hydrogen) atoms. The molecule has 0 aromatic heterocycles. The van der Waals surface area contributed by atoms with Gasteiger partial charge in [0.25, 0.3) is 0 Å². The van der Waals surface area contributed by atoms with Gasteiger partial charge in [0.2, 0.25) is 0 Å². The summed E-state index contributed by atoms with van der Waals surface area (Å²) in [6.45, 7) is 15.3. The lowest BCUT2D eigenvalue weighted by molar-refractivity contribution is -0.168. The molecule has 0 radical (unpaired) electrons. The van der Waals surface area contributed by atoms with E-state index in [9.17, 15) is 0 Å². The Labute approximate surface area is 129 Å². The average molecular weight is 300 g/mol. The van der Waals surface area contributed by atoms with E-state index in [1.54, 1.807) is 0 Å². The maximum Gasteiger partial charge on any atom is 0.0566 e. The SMILES string of the molecule is CCC1(COCC(C)(C)COCC2(CC)COC2)COC1. The third-order valence-electron chi connectivity index (χ3n) is 4.94. The molecule has 2 aliphatic rings. The van der Waals surface area contributed by atoms with Crippen LogP contribution in [0, 0.1) is 16.2 Å². The first-order valence-electron chi connectivity index (χ1n) is 8.26. The van der Waals surface area contributed by atoms with E-state index in [2.05, 4.69) is 27.7 Å². The molecule has 2 saturated heterocycles. The van der Waals surface area contributed by atoms with Crippen molar-refractivity contribution in [3.05, 3.63) is 0 Å². The summed E-state index contributed by atoms with van der Waals surface area (Å²) in [5.41, 5.74) is 0.595. The molecule has 0 atom stereocenters. The van der Waals surface area contributed by atoms with Crippen LogP contribution in [0.4, 0.5) is 0 Å². The van der Waals surface area contributed by atoms with Crippen molar-refractivity contribution in [2.75, 3.05) is 52.9 Å². The summed E-state index contributed by atoms with van der Waals surface area (Å²) in [5.74, 6) is 0. The van der Waals surface area contributed by atoms with Crippen molar-refractivity contribution < 1.29 is 18.9 Å². The van der Waals surface area contributed by atoms with Gasteiger partial charge < -0.3 is 18.9 Å². The molecule has 2 rings (SSSR count). The molecule has 0 aliphatic carbocycles. The van der Waals surface area contributed by atoms with Gasteiger partial charge in [0.05, 0.1) is 52.9 Å². The third kappa shape index (κ3) is 4.41. The van der Waals surface area contributed by atoms with Crippen LogP contribution in [0.15, 0.2) is 0 Å². The Morgan fingerprint density at radius 3 is 1.43 bits per heavy atom. The van der Waals surface area contributed by atoms with Crippen LogP contribution in [0.25, 0.3) is 0 Å². The standard InChI is InChI=1S/C17H32O4/c1-5-16(11-20-12-16)9-18-7-15(3,4)8-19-10-17(6-2)13-21-14-17/h5-14H2,1-4H3. The summed E-state index contributed by atoms with van der Waals surface area (Å²) in [5, 5.41) is 0. The summed E-state index contributed by atoms with van der Waals surface area (Å²) in [4.78, 5) is 0. The lowest BCUT2D eigenvalue weighted by Crippen LogP contribution is -2.47. The molecule has 0 aromatic carbocycles. The van der Waals surface area contributed by atoms with Crippen molar-refractivity contribution in [2.45, 2.75) is 40.5 Å². The fraction of sp³-hybridized carbons (Fsp3) is 1.00. The summed E-state index contributed by atoms with van der Waals surface area (Å²) in [6.07, 6.45) is 2.26. The van der Waals surface area contributed by atoms with Crippen molar-refractivity contribution in [3.8, 4) is 0 Å². The van der Waals surface area contributed by atoms with Gasteiger partial charge in [0.15, 0.2) is 0 Å². The first-order valence-corrected chi connectivity index (χ1v) is 8.26. The second-order valence-electron chi connectivity index (χ2n) is 7.84. The van der Waals surface area contributed by atoms with Crippen LogP contribution in [-0.2, 0) is 18.9 Å². The third-order valence-corrected chi connectivity index (χ3v) is 4.94.